The lowest BCUT2D eigenvalue weighted by Gasteiger charge is -2.05. The maximum atomic E-state index is 11.8. The van der Waals surface area contributed by atoms with Crippen LogP contribution in [0.15, 0.2) is 30.3 Å². The average Bonchev–Trinajstić information content (AvgIpc) is 2.67. The van der Waals surface area contributed by atoms with E-state index in [1.807, 2.05) is 20.0 Å². The van der Waals surface area contributed by atoms with E-state index in [-0.39, 0.29) is 12.4 Å². The molecule has 0 N–H and O–H groups in total. The van der Waals surface area contributed by atoms with E-state index in [0.29, 0.717) is 17.2 Å². The van der Waals surface area contributed by atoms with Gasteiger partial charge in [0.15, 0.2) is 5.78 Å². The third kappa shape index (κ3) is 3.83. The van der Waals surface area contributed by atoms with Crippen LogP contribution in [0.2, 0.25) is 5.02 Å². The second kappa shape index (κ2) is 5.89. The van der Waals surface area contributed by atoms with Crippen molar-refractivity contribution in [1.29, 1.82) is 0 Å². The molecule has 0 unspecified atom stereocenters. The Hall–Kier alpha value is -1.81. The zero-order chi connectivity index (χ0) is 13.8. The third-order valence-electron chi connectivity index (χ3n) is 2.69. The van der Waals surface area contributed by atoms with Crippen molar-refractivity contribution in [2.45, 2.75) is 13.3 Å². The van der Waals surface area contributed by atoms with Gasteiger partial charge in [0.05, 0.1) is 12.1 Å². The van der Waals surface area contributed by atoms with Crippen LogP contribution in [0.1, 0.15) is 11.4 Å². The molecule has 0 fully saturated rings. The van der Waals surface area contributed by atoms with Gasteiger partial charge in [-0.2, -0.15) is 5.10 Å². The molecule has 4 nitrogen and oxygen atoms in total. The monoisotopic (exact) mass is 278 g/mol. The smallest absolute Gasteiger partial charge is 0.176 e. The summed E-state index contributed by atoms with van der Waals surface area (Å²) in [7, 11) is 1.83. The first-order chi connectivity index (χ1) is 9.04. The number of aryl methyl sites for hydroxylation is 2. The number of carbonyl (C=O) groups excluding carboxylic acids is 1. The van der Waals surface area contributed by atoms with Gasteiger partial charge in [-0.15, -0.1) is 0 Å². The van der Waals surface area contributed by atoms with Crippen molar-refractivity contribution in [3.63, 3.8) is 0 Å². The number of ketones is 1. The molecule has 0 atom stereocenters. The van der Waals surface area contributed by atoms with Gasteiger partial charge in [0.25, 0.3) is 0 Å². The molecule has 0 aliphatic carbocycles. The minimum absolute atomic E-state index is 0.0120. The number of halogens is 1. The SMILES string of the molecule is Cc1cc(CC(=O)COc2ccc(Cl)cc2)n(C)n1. The molecule has 0 aliphatic heterocycles. The number of hydrogen-bond donors (Lipinski definition) is 0. The summed E-state index contributed by atoms with van der Waals surface area (Å²) in [5.74, 6) is 0.650. The first kappa shape index (κ1) is 13.6. The molecule has 1 aromatic carbocycles. The predicted molar refractivity (Wildman–Crippen MR) is 73.6 cm³/mol. The molecule has 2 rings (SSSR count). The van der Waals surface area contributed by atoms with Crippen LogP contribution in [-0.4, -0.2) is 22.2 Å². The minimum atomic E-state index is 0.0120. The van der Waals surface area contributed by atoms with Gasteiger partial charge in [0.2, 0.25) is 0 Å². The van der Waals surface area contributed by atoms with Crippen molar-refractivity contribution >= 4 is 17.4 Å². The molecular weight excluding hydrogens is 264 g/mol. The van der Waals surface area contributed by atoms with Gasteiger partial charge in [-0.1, -0.05) is 11.6 Å². The van der Waals surface area contributed by atoms with Crippen molar-refractivity contribution in [3.05, 3.63) is 46.7 Å². The molecule has 0 bridgehead atoms. The molecule has 0 saturated heterocycles. The van der Waals surface area contributed by atoms with Crippen LogP contribution in [0.5, 0.6) is 5.75 Å². The Morgan fingerprint density at radius 1 is 1.37 bits per heavy atom. The fourth-order valence-electron chi connectivity index (χ4n) is 1.78. The first-order valence-electron chi connectivity index (χ1n) is 5.94. The normalized spacial score (nSPS) is 10.5. The third-order valence-corrected chi connectivity index (χ3v) is 2.94. The fourth-order valence-corrected chi connectivity index (χ4v) is 1.90. The van der Waals surface area contributed by atoms with E-state index in [0.717, 1.165) is 11.4 Å². The Morgan fingerprint density at radius 3 is 2.63 bits per heavy atom. The highest BCUT2D eigenvalue weighted by atomic mass is 35.5. The largest absolute Gasteiger partial charge is 0.486 e. The van der Waals surface area contributed by atoms with Crippen LogP contribution in [0, 0.1) is 6.92 Å². The van der Waals surface area contributed by atoms with Crippen molar-refractivity contribution in [3.8, 4) is 5.75 Å². The zero-order valence-corrected chi connectivity index (χ0v) is 11.6. The number of benzene rings is 1. The Kier molecular flexibility index (Phi) is 4.22. The quantitative estimate of drug-likeness (QED) is 0.844. The highest BCUT2D eigenvalue weighted by Crippen LogP contribution is 2.15. The summed E-state index contributed by atoms with van der Waals surface area (Å²) in [6, 6.07) is 8.84. The summed E-state index contributed by atoms with van der Waals surface area (Å²) in [5, 5.41) is 4.84. The second-order valence-electron chi connectivity index (χ2n) is 4.36. The van der Waals surface area contributed by atoms with Gasteiger partial charge < -0.3 is 4.74 Å². The number of hydrogen-bond acceptors (Lipinski definition) is 3. The number of rotatable bonds is 5. The summed E-state index contributed by atoms with van der Waals surface area (Å²) in [6.07, 6.45) is 0.324. The van der Waals surface area contributed by atoms with E-state index >= 15 is 0 Å². The van der Waals surface area contributed by atoms with Crippen LogP contribution in [0.4, 0.5) is 0 Å². The lowest BCUT2D eigenvalue weighted by molar-refractivity contribution is -0.120. The average molecular weight is 279 g/mol. The van der Waals surface area contributed by atoms with Crippen LogP contribution in [-0.2, 0) is 18.3 Å². The van der Waals surface area contributed by atoms with E-state index in [9.17, 15) is 4.79 Å². The maximum absolute atomic E-state index is 11.8. The van der Waals surface area contributed by atoms with E-state index in [1.54, 1.807) is 28.9 Å². The van der Waals surface area contributed by atoms with Gasteiger partial charge in [-0.25, -0.2) is 0 Å². The van der Waals surface area contributed by atoms with Crippen LogP contribution >= 0.6 is 11.6 Å². The molecule has 0 radical (unpaired) electrons. The fraction of sp³-hybridized carbons (Fsp3) is 0.286. The molecule has 100 valence electrons. The Labute approximate surface area is 116 Å². The number of aromatic nitrogens is 2. The van der Waals surface area contributed by atoms with Crippen LogP contribution in [0.3, 0.4) is 0 Å². The molecule has 0 saturated carbocycles. The zero-order valence-electron chi connectivity index (χ0n) is 10.9. The summed E-state index contributed by atoms with van der Waals surface area (Å²) < 4.78 is 7.12. The van der Waals surface area contributed by atoms with Crippen molar-refractivity contribution in [1.82, 2.24) is 9.78 Å². The summed E-state index contributed by atoms with van der Waals surface area (Å²) >= 11 is 5.77. The summed E-state index contributed by atoms with van der Waals surface area (Å²) in [6.45, 7) is 1.95. The van der Waals surface area contributed by atoms with Crippen molar-refractivity contribution in [2.75, 3.05) is 6.61 Å². The molecule has 19 heavy (non-hydrogen) atoms. The standard InChI is InChI=1S/C14H15ClN2O2/c1-10-7-12(17(2)16-10)8-13(18)9-19-14-5-3-11(15)4-6-14/h3-7H,8-9H2,1-2H3. The predicted octanol–water partition coefficient (Wildman–Crippen LogP) is 2.57. The van der Waals surface area contributed by atoms with E-state index in [2.05, 4.69) is 5.10 Å². The first-order valence-corrected chi connectivity index (χ1v) is 6.32. The van der Waals surface area contributed by atoms with Crippen LogP contribution < -0.4 is 4.74 Å². The topological polar surface area (TPSA) is 44.1 Å². The molecule has 1 aromatic heterocycles. The van der Waals surface area contributed by atoms with Gasteiger partial charge in [-0.3, -0.25) is 9.48 Å². The van der Waals surface area contributed by atoms with E-state index < -0.39 is 0 Å². The van der Waals surface area contributed by atoms with E-state index in [4.69, 9.17) is 16.3 Å². The van der Waals surface area contributed by atoms with Gasteiger partial charge >= 0.3 is 0 Å². The number of nitrogens with zero attached hydrogens (tertiary/aromatic N) is 2. The van der Waals surface area contributed by atoms with Gasteiger partial charge in [0.1, 0.15) is 12.4 Å². The van der Waals surface area contributed by atoms with Crippen molar-refractivity contribution in [2.24, 2.45) is 7.05 Å². The molecule has 2 aromatic rings. The van der Waals surface area contributed by atoms with Crippen molar-refractivity contribution < 1.29 is 9.53 Å². The molecule has 1 heterocycles. The number of Topliss-reactive ketones (excluding diaryl/α,β-unsaturated/α-hetero) is 1. The number of carbonyl (C=O) groups is 1. The van der Waals surface area contributed by atoms with Crippen LogP contribution in [0.25, 0.3) is 0 Å². The lowest BCUT2D eigenvalue weighted by Crippen LogP contribution is -2.15. The van der Waals surface area contributed by atoms with Gasteiger partial charge in [0, 0.05) is 17.8 Å². The lowest BCUT2D eigenvalue weighted by atomic mass is 10.2. The Bertz CT molecular complexity index is 576. The molecule has 0 spiro atoms. The minimum Gasteiger partial charge on any atom is -0.486 e. The summed E-state index contributed by atoms with van der Waals surface area (Å²) in [4.78, 5) is 11.8. The summed E-state index contributed by atoms with van der Waals surface area (Å²) in [5.41, 5.74) is 1.80. The molecular formula is C14H15ClN2O2. The van der Waals surface area contributed by atoms with E-state index in [1.165, 1.54) is 0 Å². The molecule has 0 aliphatic rings. The van der Waals surface area contributed by atoms with Gasteiger partial charge in [-0.05, 0) is 37.3 Å². The number of ether oxygens (including phenoxy) is 1. The Balaban J connectivity index is 1.88. The Morgan fingerprint density at radius 2 is 2.05 bits per heavy atom. The molecule has 0 amide bonds. The second-order valence-corrected chi connectivity index (χ2v) is 4.80. The maximum Gasteiger partial charge on any atom is 0.176 e. The molecule has 5 heteroatoms. The highest BCUT2D eigenvalue weighted by Gasteiger charge is 2.09. The highest BCUT2D eigenvalue weighted by molar-refractivity contribution is 6.30.